The van der Waals surface area contributed by atoms with Crippen LogP contribution in [0.15, 0.2) is 77.4 Å². The van der Waals surface area contributed by atoms with Gasteiger partial charge < -0.3 is 10.1 Å². The van der Waals surface area contributed by atoms with Crippen LogP contribution in [-0.2, 0) is 11.3 Å². The zero-order valence-electron chi connectivity index (χ0n) is 20.9. The predicted molar refractivity (Wildman–Crippen MR) is 143 cm³/mol. The molecule has 0 amide bonds. The second-order valence-corrected chi connectivity index (χ2v) is 8.64. The van der Waals surface area contributed by atoms with Gasteiger partial charge >= 0.3 is 0 Å². The Kier molecular flexibility index (Phi) is 9.65. The Bertz CT molecular complexity index is 1180. The van der Waals surface area contributed by atoms with E-state index in [9.17, 15) is 4.79 Å². The Labute approximate surface area is 203 Å². The third kappa shape index (κ3) is 6.67. The van der Waals surface area contributed by atoms with Crippen molar-refractivity contribution >= 4 is 16.7 Å². The molecule has 0 radical (unpaired) electrons. The number of aromatic nitrogens is 2. The summed E-state index contributed by atoms with van der Waals surface area (Å²) in [5, 5.41) is 4.04. The minimum Gasteiger partial charge on any atom is -0.372 e. The van der Waals surface area contributed by atoms with Gasteiger partial charge in [-0.25, -0.2) is 0 Å². The van der Waals surface area contributed by atoms with Crippen LogP contribution >= 0.6 is 0 Å². The van der Waals surface area contributed by atoms with Crippen LogP contribution in [-0.4, -0.2) is 15.7 Å². The van der Waals surface area contributed by atoms with E-state index in [4.69, 9.17) is 4.74 Å². The molecule has 1 atom stereocenters. The number of hydrogen-bond donors (Lipinski definition) is 1. The molecule has 180 valence electrons. The topological polar surface area (TPSA) is 56.1 Å². The Balaban J connectivity index is 0.00000103. The molecule has 4 rings (SSSR count). The predicted octanol–water partition coefficient (Wildman–Crippen LogP) is 7.15. The fraction of sp³-hybridized carbons (Fsp3) is 0.379. The summed E-state index contributed by atoms with van der Waals surface area (Å²) in [6.45, 7) is 8.90. The van der Waals surface area contributed by atoms with Gasteiger partial charge in [-0.2, -0.15) is 0 Å². The van der Waals surface area contributed by atoms with Crippen LogP contribution in [0.3, 0.4) is 0 Å². The fourth-order valence-electron chi connectivity index (χ4n) is 3.86. The molecule has 1 aliphatic rings. The first kappa shape index (κ1) is 25.4. The molecule has 0 saturated heterocycles. The standard InChI is InChI=1S/C26H29N3O2.C3H8/c1-3-10-19(2)31-18-21-15-24-23(17-27-21)25(30)16-26(28-20-11-6-4-7-12-20)29(24)22-13-8-5-9-14-22;1-3-2/h5-6,8-9,11-17,19,28H,3-4,7,10,18H2,1-2H3;3H2,1-2H3. The largest absolute Gasteiger partial charge is 0.372 e. The van der Waals surface area contributed by atoms with Crippen molar-refractivity contribution in [3.63, 3.8) is 0 Å². The van der Waals surface area contributed by atoms with Gasteiger partial charge in [-0.3, -0.25) is 14.3 Å². The fourth-order valence-corrected chi connectivity index (χ4v) is 3.86. The molecular weight excluding hydrogens is 422 g/mol. The highest BCUT2D eigenvalue weighted by Crippen LogP contribution is 2.25. The van der Waals surface area contributed by atoms with Gasteiger partial charge in [-0.05, 0) is 50.5 Å². The number of nitrogens with zero attached hydrogens (tertiary/aromatic N) is 2. The second-order valence-electron chi connectivity index (χ2n) is 8.64. The lowest BCUT2D eigenvalue weighted by Gasteiger charge is -2.20. The van der Waals surface area contributed by atoms with Crippen molar-refractivity contribution in [3.8, 4) is 5.69 Å². The molecule has 1 aromatic carbocycles. The highest BCUT2D eigenvalue weighted by molar-refractivity contribution is 5.83. The van der Waals surface area contributed by atoms with Crippen LogP contribution in [0.2, 0.25) is 0 Å². The smallest absolute Gasteiger partial charge is 0.193 e. The van der Waals surface area contributed by atoms with Crippen molar-refractivity contribution < 1.29 is 4.74 Å². The Morgan fingerprint density at radius 2 is 1.88 bits per heavy atom. The molecule has 2 aromatic heterocycles. The maximum absolute atomic E-state index is 12.9. The number of rotatable bonds is 8. The van der Waals surface area contributed by atoms with Crippen LogP contribution in [0, 0.1) is 0 Å². The van der Waals surface area contributed by atoms with Gasteiger partial charge in [-0.15, -0.1) is 0 Å². The molecule has 0 aliphatic heterocycles. The van der Waals surface area contributed by atoms with Crippen molar-refractivity contribution in [1.82, 2.24) is 9.55 Å². The maximum Gasteiger partial charge on any atom is 0.193 e. The van der Waals surface area contributed by atoms with Crippen LogP contribution < -0.4 is 10.7 Å². The summed E-state index contributed by atoms with van der Waals surface area (Å²) in [6, 6.07) is 13.7. The number of para-hydroxylation sites is 1. The third-order valence-corrected chi connectivity index (χ3v) is 5.45. The van der Waals surface area contributed by atoms with E-state index in [-0.39, 0.29) is 11.5 Å². The number of hydrogen-bond acceptors (Lipinski definition) is 4. The number of fused-ring (bicyclic) bond motifs is 1. The zero-order chi connectivity index (χ0) is 24.3. The van der Waals surface area contributed by atoms with Crippen LogP contribution in [0.25, 0.3) is 16.6 Å². The van der Waals surface area contributed by atoms with E-state index >= 15 is 0 Å². The Morgan fingerprint density at radius 3 is 2.56 bits per heavy atom. The van der Waals surface area contributed by atoms with E-state index in [1.807, 2.05) is 36.4 Å². The average molecular weight is 460 g/mol. The van der Waals surface area contributed by atoms with Crippen molar-refractivity contribution in [2.45, 2.75) is 72.5 Å². The molecule has 0 fully saturated rings. The lowest BCUT2D eigenvalue weighted by molar-refractivity contribution is 0.0453. The highest BCUT2D eigenvalue weighted by atomic mass is 16.5. The summed E-state index contributed by atoms with van der Waals surface area (Å²) in [7, 11) is 0. The zero-order valence-corrected chi connectivity index (χ0v) is 20.9. The molecule has 0 saturated carbocycles. The van der Waals surface area contributed by atoms with E-state index in [1.165, 1.54) is 6.42 Å². The Hall–Kier alpha value is -3.18. The average Bonchev–Trinajstić information content (AvgIpc) is 2.85. The normalized spacial score (nSPS) is 13.7. The molecule has 5 heteroatoms. The lowest BCUT2D eigenvalue weighted by atomic mass is 10.1. The van der Waals surface area contributed by atoms with Gasteiger partial charge in [0, 0.05) is 23.6 Å². The molecule has 1 unspecified atom stereocenters. The molecule has 0 bridgehead atoms. The van der Waals surface area contributed by atoms with Crippen LogP contribution in [0.4, 0.5) is 5.82 Å². The molecule has 3 aromatic rings. The van der Waals surface area contributed by atoms with E-state index in [1.54, 1.807) is 12.3 Å². The van der Waals surface area contributed by atoms with E-state index in [0.717, 1.165) is 54.1 Å². The van der Waals surface area contributed by atoms with Gasteiger partial charge in [0.25, 0.3) is 0 Å². The van der Waals surface area contributed by atoms with Crippen LogP contribution in [0.5, 0.6) is 0 Å². The highest BCUT2D eigenvalue weighted by Gasteiger charge is 2.14. The second kappa shape index (κ2) is 12.9. The molecule has 1 N–H and O–H groups in total. The summed E-state index contributed by atoms with van der Waals surface area (Å²) >= 11 is 0. The minimum absolute atomic E-state index is 0.0515. The number of benzene rings is 1. The number of nitrogens with one attached hydrogen (secondary N) is 1. The van der Waals surface area contributed by atoms with Crippen molar-refractivity contribution in [2.24, 2.45) is 0 Å². The van der Waals surface area contributed by atoms with Crippen LogP contribution in [0.1, 0.15) is 65.5 Å². The molecule has 5 nitrogen and oxygen atoms in total. The third-order valence-electron chi connectivity index (χ3n) is 5.45. The van der Waals surface area contributed by atoms with Gasteiger partial charge in [0.15, 0.2) is 5.43 Å². The Morgan fingerprint density at radius 1 is 1.12 bits per heavy atom. The molecule has 0 spiro atoms. The summed E-state index contributed by atoms with van der Waals surface area (Å²) in [5.41, 5.74) is 3.56. The molecule has 34 heavy (non-hydrogen) atoms. The number of anilines is 1. The van der Waals surface area contributed by atoms with Gasteiger partial charge in [0.05, 0.1) is 29.3 Å². The monoisotopic (exact) mass is 459 g/mol. The molecule has 2 heterocycles. The summed E-state index contributed by atoms with van der Waals surface area (Å²) < 4.78 is 8.05. The number of ether oxygens (including phenoxy) is 1. The molecular formula is C29H37N3O2. The summed E-state index contributed by atoms with van der Waals surface area (Å²) in [6.07, 6.45) is 13.6. The number of allylic oxidation sites excluding steroid dienone is 3. The maximum atomic E-state index is 12.9. The first-order valence-electron chi connectivity index (χ1n) is 12.4. The van der Waals surface area contributed by atoms with Crippen molar-refractivity contribution in [1.29, 1.82) is 0 Å². The van der Waals surface area contributed by atoms with E-state index in [2.05, 4.69) is 60.8 Å². The quantitative estimate of drug-likeness (QED) is 0.388. The summed E-state index contributed by atoms with van der Waals surface area (Å²) in [5.74, 6) is 0.735. The minimum atomic E-state index is -0.0515. The van der Waals surface area contributed by atoms with Gasteiger partial charge in [-0.1, -0.05) is 64.0 Å². The number of pyridine rings is 2. The van der Waals surface area contributed by atoms with Crippen molar-refractivity contribution in [2.75, 3.05) is 5.32 Å². The first-order chi connectivity index (χ1) is 16.6. The SMILES string of the molecule is CCC.CCCC(C)OCc1cc2c(cn1)c(=O)cc(NC1=CCCC=C1)n2-c1ccccc1. The molecule has 1 aliphatic carbocycles. The van der Waals surface area contributed by atoms with E-state index < -0.39 is 0 Å². The van der Waals surface area contributed by atoms with Gasteiger partial charge in [0.1, 0.15) is 5.82 Å². The first-order valence-corrected chi connectivity index (χ1v) is 12.4. The summed E-state index contributed by atoms with van der Waals surface area (Å²) in [4.78, 5) is 17.4. The van der Waals surface area contributed by atoms with E-state index in [0.29, 0.717) is 12.0 Å². The lowest BCUT2D eigenvalue weighted by Crippen LogP contribution is -2.15. The van der Waals surface area contributed by atoms with Crippen molar-refractivity contribution in [3.05, 3.63) is 88.5 Å². The van der Waals surface area contributed by atoms with Gasteiger partial charge in [0.2, 0.25) is 0 Å².